The molecule has 2 heterocycles. The molecule has 19 heavy (non-hydrogen) atoms. The minimum atomic E-state index is -0.258. The van der Waals surface area contributed by atoms with E-state index in [4.69, 9.17) is 14.0 Å². The quantitative estimate of drug-likeness (QED) is 0.718. The second kappa shape index (κ2) is 4.42. The Bertz CT molecular complexity index is 494. The average Bonchev–Trinajstić information content (AvgIpc) is 2.72. The third kappa shape index (κ3) is 2.32. The van der Waals surface area contributed by atoms with Crippen molar-refractivity contribution >= 4 is 18.3 Å². The number of fused-ring (bicyclic) bond motifs is 1. The lowest BCUT2D eigenvalue weighted by Crippen LogP contribution is -2.47. The Morgan fingerprint density at radius 1 is 1.21 bits per heavy atom. The third-order valence-corrected chi connectivity index (χ3v) is 3.61. The van der Waals surface area contributed by atoms with E-state index in [0.29, 0.717) is 6.73 Å². The Morgan fingerprint density at radius 2 is 1.89 bits per heavy atom. The van der Waals surface area contributed by atoms with Crippen LogP contribution >= 0.6 is 0 Å². The summed E-state index contributed by atoms with van der Waals surface area (Å²) < 4.78 is 17.4. The highest BCUT2D eigenvalue weighted by Gasteiger charge is 2.34. The van der Waals surface area contributed by atoms with Gasteiger partial charge in [0.1, 0.15) is 5.75 Å². The van der Waals surface area contributed by atoms with Crippen LogP contribution in [0.3, 0.4) is 0 Å². The van der Waals surface area contributed by atoms with Crippen LogP contribution in [-0.2, 0) is 9.31 Å². The first kappa shape index (κ1) is 12.8. The second-order valence-electron chi connectivity index (χ2n) is 6.28. The molecular formula is C14H20BNO3. The van der Waals surface area contributed by atoms with Crippen molar-refractivity contribution in [1.29, 1.82) is 0 Å². The van der Waals surface area contributed by atoms with Gasteiger partial charge in [-0.05, 0) is 24.0 Å². The number of benzene rings is 1. The summed E-state index contributed by atoms with van der Waals surface area (Å²) in [6.45, 7) is 8.42. The maximum atomic E-state index is 5.85. The molecule has 0 aliphatic carbocycles. The zero-order valence-electron chi connectivity index (χ0n) is 12.0. The Labute approximate surface area is 114 Å². The predicted molar refractivity (Wildman–Crippen MR) is 76.2 cm³/mol. The van der Waals surface area contributed by atoms with Crippen LogP contribution in [0.15, 0.2) is 12.1 Å². The van der Waals surface area contributed by atoms with Crippen molar-refractivity contribution in [2.45, 2.75) is 20.8 Å². The summed E-state index contributed by atoms with van der Waals surface area (Å²) in [5.41, 5.74) is 3.42. The maximum absolute atomic E-state index is 5.85. The van der Waals surface area contributed by atoms with Crippen LogP contribution in [-0.4, -0.2) is 34.1 Å². The van der Waals surface area contributed by atoms with Gasteiger partial charge in [0.2, 0.25) is 0 Å². The van der Waals surface area contributed by atoms with E-state index in [1.807, 2.05) is 7.05 Å². The lowest BCUT2D eigenvalue weighted by molar-refractivity contribution is 0.0343. The molecule has 0 amide bonds. The van der Waals surface area contributed by atoms with Crippen molar-refractivity contribution in [3.05, 3.63) is 17.7 Å². The number of hydrogen-bond acceptors (Lipinski definition) is 4. The number of aryl methyl sites for hydroxylation is 1. The first-order chi connectivity index (χ1) is 8.96. The Hall–Kier alpha value is -1.20. The van der Waals surface area contributed by atoms with Crippen LogP contribution in [0.4, 0.5) is 5.69 Å². The highest BCUT2D eigenvalue weighted by Crippen LogP contribution is 2.35. The Kier molecular flexibility index (Phi) is 2.98. The molecule has 2 aliphatic rings. The van der Waals surface area contributed by atoms with Gasteiger partial charge >= 0.3 is 7.12 Å². The summed E-state index contributed by atoms with van der Waals surface area (Å²) in [6, 6.07) is 4.21. The lowest BCUT2D eigenvalue weighted by atomic mass is 9.75. The molecule has 102 valence electrons. The van der Waals surface area contributed by atoms with E-state index in [1.165, 1.54) is 0 Å². The van der Waals surface area contributed by atoms with Crippen LogP contribution in [0.25, 0.3) is 0 Å². The SMILES string of the molecule is Cc1cc(B2OCC(C)(C)CO2)cc2c1OCN2C. The van der Waals surface area contributed by atoms with Crippen molar-refractivity contribution in [1.82, 2.24) is 0 Å². The fourth-order valence-corrected chi connectivity index (χ4v) is 2.51. The van der Waals surface area contributed by atoms with Crippen molar-refractivity contribution in [3.63, 3.8) is 0 Å². The molecule has 0 bridgehead atoms. The van der Waals surface area contributed by atoms with Gasteiger partial charge in [0.05, 0.1) is 5.69 Å². The molecule has 4 nitrogen and oxygen atoms in total. The summed E-state index contributed by atoms with van der Waals surface area (Å²) in [4.78, 5) is 2.10. The molecule has 1 aromatic carbocycles. The third-order valence-electron chi connectivity index (χ3n) is 3.61. The molecule has 1 saturated heterocycles. The molecule has 0 saturated carbocycles. The van der Waals surface area contributed by atoms with Gasteiger partial charge in [0, 0.05) is 25.7 Å². The largest absolute Gasteiger partial charge is 0.493 e. The van der Waals surface area contributed by atoms with Gasteiger partial charge in [-0.2, -0.15) is 0 Å². The van der Waals surface area contributed by atoms with Crippen molar-refractivity contribution in [3.8, 4) is 5.75 Å². The van der Waals surface area contributed by atoms with E-state index in [0.717, 1.165) is 35.7 Å². The molecule has 0 atom stereocenters. The number of ether oxygens (including phenoxy) is 1. The first-order valence-electron chi connectivity index (χ1n) is 6.68. The molecular weight excluding hydrogens is 241 g/mol. The Balaban J connectivity index is 1.87. The van der Waals surface area contributed by atoms with E-state index >= 15 is 0 Å². The van der Waals surface area contributed by atoms with Crippen molar-refractivity contribution in [2.24, 2.45) is 5.41 Å². The summed E-state index contributed by atoms with van der Waals surface area (Å²) in [5, 5.41) is 0. The van der Waals surface area contributed by atoms with Crippen molar-refractivity contribution in [2.75, 3.05) is 31.9 Å². The summed E-state index contributed by atoms with van der Waals surface area (Å²) in [6.07, 6.45) is 0. The van der Waals surface area contributed by atoms with Gasteiger partial charge in [0.15, 0.2) is 6.73 Å². The number of rotatable bonds is 1. The zero-order valence-corrected chi connectivity index (χ0v) is 12.0. The summed E-state index contributed by atoms with van der Waals surface area (Å²) in [7, 11) is 1.77. The zero-order chi connectivity index (χ0) is 13.6. The monoisotopic (exact) mass is 261 g/mol. The standard InChI is InChI=1S/C14H20BNO3/c1-10-5-11(6-12-13(10)17-9-16(12)4)15-18-7-14(2,3)8-19-15/h5-6H,7-9H2,1-4H3. The van der Waals surface area contributed by atoms with E-state index in [1.54, 1.807) is 0 Å². The first-order valence-corrected chi connectivity index (χ1v) is 6.68. The van der Waals surface area contributed by atoms with Crippen LogP contribution in [0.2, 0.25) is 0 Å². The van der Waals surface area contributed by atoms with E-state index in [2.05, 4.69) is 37.8 Å². The van der Waals surface area contributed by atoms with Crippen molar-refractivity contribution < 1.29 is 14.0 Å². The van der Waals surface area contributed by atoms with Gasteiger partial charge in [-0.25, -0.2) is 0 Å². The highest BCUT2D eigenvalue weighted by molar-refractivity contribution is 6.61. The van der Waals surface area contributed by atoms with Crippen LogP contribution < -0.4 is 15.1 Å². The van der Waals surface area contributed by atoms with E-state index in [-0.39, 0.29) is 12.5 Å². The molecule has 3 rings (SSSR count). The minimum Gasteiger partial charge on any atom is -0.471 e. The van der Waals surface area contributed by atoms with Gasteiger partial charge < -0.3 is 18.9 Å². The van der Waals surface area contributed by atoms with Gasteiger partial charge in [-0.3, -0.25) is 0 Å². The molecule has 0 N–H and O–H groups in total. The average molecular weight is 261 g/mol. The maximum Gasteiger partial charge on any atom is 0.493 e. The van der Waals surface area contributed by atoms with Gasteiger partial charge in [0.25, 0.3) is 0 Å². The Morgan fingerprint density at radius 3 is 2.58 bits per heavy atom. The summed E-state index contributed by atoms with van der Waals surface area (Å²) in [5.74, 6) is 0.974. The second-order valence-corrected chi connectivity index (χ2v) is 6.28. The fourth-order valence-electron chi connectivity index (χ4n) is 2.51. The van der Waals surface area contributed by atoms with Crippen LogP contribution in [0.1, 0.15) is 19.4 Å². The highest BCUT2D eigenvalue weighted by atomic mass is 16.6. The molecule has 5 heteroatoms. The molecule has 1 aromatic rings. The number of hydrogen-bond donors (Lipinski definition) is 0. The topological polar surface area (TPSA) is 30.9 Å². The number of nitrogens with zero attached hydrogens (tertiary/aromatic N) is 1. The molecule has 0 radical (unpaired) electrons. The predicted octanol–water partition coefficient (Wildman–Crippen LogP) is 1.55. The van der Waals surface area contributed by atoms with Gasteiger partial charge in [-0.15, -0.1) is 0 Å². The van der Waals surface area contributed by atoms with E-state index in [9.17, 15) is 0 Å². The normalized spacial score (nSPS) is 21.3. The van der Waals surface area contributed by atoms with Crippen LogP contribution in [0, 0.1) is 12.3 Å². The van der Waals surface area contributed by atoms with E-state index < -0.39 is 0 Å². The smallest absolute Gasteiger partial charge is 0.471 e. The molecule has 0 aromatic heterocycles. The number of anilines is 1. The molecule has 1 fully saturated rings. The van der Waals surface area contributed by atoms with Crippen LogP contribution in [0.5, 0.6) is 5.75 Å². The lowest BCUT2D eigenvalue weighted by Gasteiger charge is -2.33. The molecule has 0 spiro atoms. The minimum absolute atomic E-state index is 0.0994. The van der Waals surface area contributed by atoms with Gasteiger partial charge in [-0.1, -0.05) is 19.9 Å². The summed E-state index contributed by atoms with van der Waals surface area (Å²) >= 11 is 0. The molecule has 2 aliphatic heterocycles. The fraction of sp³-hybridized carbons (Fsp3) is 0.571. The molecule has 0 unspecified atom stereocenters.